The van der Waals surface area contributed by atoms with E-state index in [-0.39, 0.29) is 12.5 Å². The summed E-state index contributed by atoms with van der Waals surface area (Å²) in [5.74, 6) is -0.337. The lowest BCUT2D eigenvalue weighted by molar-refractivity contribution is -0.130. The highest BCUT2D eigenvalue weighted by atomic mass is 32.2. The van der Waals surface area contributed by atoms with Gasteiger partial charge in [0.05, 0.1) is 13.2 Å². The van der Waals surface area contributed by atoms with Gasteiger partial charge in [-0.05, 0) is 6.92 Å². The SMILES string of the molecule is CCOC(=O)NS(=O)(=O)NCC(=O)N1CCNCC1. The molecular weight excluding hydrogens is 276 g/mol. The maximum absolute atomic E-state index is 11.7. The normalized spacial score (nSPS) is 15.9. The van der Waals surface area contributed by atoms with Crippen molar-refractivity contribution in [2.24, 2.45) is 0 Å². The van der Waals surface area contributed by atoms with Gasteiger partial charge in [0.25, 0.3) is 0 Å². The zero-order chi connectivity index (χ0) is 14.3. The van der Waals surface area contributed by atoms with Gasteiger partial charge in [-0.1, -0.05) is 0 Å². The first kappa shape index (κ1) is 15.7. The zero-order valence-corrected chi connectivity index (χ0v) is 11.5. The second-order valence-corrected chi connectivity index (χ2v) is 5.28. The molecule has 0 unspecified atom stereocenters. The van der Waals surface area contributed by atoms with E-state index < -0.39 is 22.8 Å². The fourth-order valence-electron chi connectivity index (χ4n) is 1.49. The van der Waals surface area contributed by atoms with Crippen LogP contribution in [0.15, 0.2) is 0 Å². The maximum atomic E-state index is 11.7. The maximum Gasteiger partial charge on any atom is 0.421 e. The minimum atomic E-state index is -4.07. The van der Waals surface area contributed by atoms with Gasteiger partial charge in [0, 0.05) is 26.2 Å². The van der Waals surface area contributed by atoms with Crippen LogP contribution in [0.1, 0.15) is 6.92 Å². The smallest absolute Gasteiger partial charge is 0.421 e. The Balaban J connectivity index is 2.37. The number of carbonyl (C=O) groups is 2. The Hall–Kier alpha value is -1.39. The molecule has 9 nitrogen and oxygen atoms in total. The summed E-state index contributed by atoms with van der Waals surface area (Å²) in [6.45, 7) is 3.64. The average Bonchev–Trinajstić information content (AvgIpc) is 2.37. The van der Waals surface area contributed by atoms with Gasteiger partial charge in [-0.15, -0.1) is 0 Å². The molecule has 0 saturated carbocycles. The van der Waals surface area contributed by atoms with E-state index in [1.54, 1.807) is 16.5 Å². The molecule has 1 aliphatic rings. The van der Waals surface area contributed by atoms with Crippen molar-refractivity contribution in [2.75, 3.05) is 39.3 Å². The Morgan fingerprint density at radius 2 is 1.95 bits per heavy atom. The molecule has 0 aromatic rings. The molecule has 0 aromatic heterocycles. The van der Waals surface area contributed by atoms with Gasteiger partial charge in [-0.25, -0.2) is 9.52 Å². The molecule has 19 heavy (non-hydrogen) atoms. The Morgan fingerprint density at radius 3 is 2.53 bits per heavy atom. The van der Waals surface area contributed by atoms with Crippen molar-refractivity contribution in [3.05, 3.63) is 0 Å². The Bertz CT molecular complexity index is 418. The molecule has 0 radical (unpaired) electrons. The van der Waals surface area contributed by atoms with E-state index in [0.717, 1.165) is 0 Å². The summed E-state index contributed by atoms with van der Waals surface area (Å²) in [6, 6.07) is 0. The minimum absolute atomic E-state index is 0.0566. The summed E-state index contributed by atoms with van der Waals surface area (Å²) in [7, 11) is -4.07. The number of hydrogen-bond acceptors (Lipinski definition) is 6. The predicted octanol–water partition coefficient (Wildman–Crippen LogP) is -2.00. The highest BCUT2D eigenvalue weighted by Crippen LogP contribution is 1.93. The lowest BCUT2D eigenvalue weighted by atomic mass is 10.3. The van der Waals surface area contributed by atoms with Crippen molar-refractivity contribution in [1.82, 2.24) is 19.7 Å². The second kappa shape index (κ2) is 7.26. The summed E-state index contributed by atoms with van der Waals surface area (Å²) in [4.78, 5) is 24.2. The molecule has 1 aliphatic heterocycles. The number of carbonyl (C=O) groups excluding carboxylic acids is 2. The van der Waals surface area contributed by atoms with E-state index in [1.807, 2.05) is 4.72 Å². The Morgan fingerprint density at radius 1 is 1.32 bits per heavy atom. The third kappa shape index (κ3) is 5.85. The number of amides is 2. The van der Waals surface area contributed by atoms with Crippen LogP contribution in [0, 0.1) is 0 Å². The third-order valence-corrected chi connectivity index (χ3v) is 3.34. The van der Waals surface area contributed by atoms with Crippen molar-refractivity contribution in [3.63, 3.8) is 0 Å². The van der Waals surface area contributed by atoms with Crippen molar-refractivity contribution in [3.8, 4) is 0 Å². The fourth-order valence-corrected chi connectivity index (χ4v) is 2.15. The molecule has 110 valence electrons. The van der Waals surface area contributed by atoms with Crippen LogP contribution in [0.25, 0.3) is 0 Å². The van der Waals surface area contributed by atoms with Gasteiger partial charge in [0.15, 0.2) is 0 Å². The minimum Gasteiger partial charge on any atom is -0.449 e. The first-order valence-electron chi connectivity index (χ1n) is 5.87. The summed E-state index contributed by atoms with van der Waals surface area (Å²) in [6.07, 6.45) is -1.08. The molecule has 0 aromatic carbocycles. The molecule has 0 spiro atoms. The Labute approximate surface area is 111 Å². The first-order chi connectivity index (χ1) is 8.94. The van der Waals surface area contributed by atoms with Crippen LogP contribution in [-0.4, -0.2) is 64.6 Å². The quantitative estimate of drug-likeness (QED) is 0.540. The van der Waals surface area contributed by atoms with Gasteiger partial charge in [-0.3, -0.25) is 4.79 Å². The highest BCUT2D eigenvalue weighted by molar-refractivity contribution is 7.88. The molecule has 0 atom stereocenters. The number of hydrogen-bond donors (Lipinski definition) is 3. The van der Waals surface area contributed by atoms with Gasteiger partial charge >= 0.3 is 16.3 Å². The van der Waals surface area contributed by atoms with Gasteiger partial charge in [0.1, 0.15) is 0 Å². The van der Waals surface area contributed by atoms with E-state index in [4.69, 9.17) is 0 Å². The third-order valence-electron chi connectivity index (χ3n) is 2.38. The summed E-state index contributed by atoms with van der Waals surface area (Å²) < 4.78 is 30.8. The predicted molar refractivity (Wildman–Crippen MR) is 66.5 cm³/mol. The second-order valence-electron chi connectivity index (χ2n) is 3.78. The molecular formula is C9H18N4O5S. The lowest BCUT2D eigenvalue weighted by Crippen LogP contribution is -2.51. The van der Waals surface area contributed by atoms with Crippen LogP contribution < -0.4 is 14.8 Å². The van der Waals surface area contributed by atoms with Crippen LogP contribution in [0.5, 0.6) is 0 Å². The van der Waals surface area contributed by atoms with Gasteiger partial charge < -0.3 is 15.0 Å². The van der Waals surface area contributed by atoms with Gasteiger partial charge in [-0.2, -0.15) is 13.1 Å². The van der Waals surface area contributed by atoms with Gasteiger partial charge in [0.2, 0.25) is 5.91 Å². The largest absolute Gasteiger partial charge is 0.449 e. The topological polar surface area (TPSA) is 117 Å². The number of nitrogens with one attached hydrogen (secondary N) is 3. The van der Waals surface area contributed by atoms with Crippen LogP contribution in [0.2, 0.25) is 0 Å². The summed E-state index contributed by atoms with van der Waals surface area (Å²) in [5.41, 5.74) is 0. The number of ether oxygens (including phenoxy) is 1. The molecule has 0 bridgehead atoms. The number of nitrogens with zero attached hydrogens (tertiary/aromatic N) is 1. The summed E-state index contributed by atoms with van der Waals surface area (Å²) in [5, 5.41) is 3.08. The lowest BCUT2D eigenvalue weighted by Gasteiger charge is -2.27. The molecule has 1 fully saturated rings. The van der Waals surface area contributed by atoms with E-state index in [2.05, 4.69) is 10.1 Å². The van der Waals surface area contributed by atoms with E-state index in [0.29, 0.717) is 26.2 Å². The van der Waals surface area contributed by atoms with E-state index in [9.17, 15) is 18.0 Å². The van der Waals surface area contributed by atoms with Crippen LogP contribution in [0.4, 0.5) is 4.79 Å². The van der Waals surface area contributed by atoms with Crippen molar-refractivity contribution in [2.45, 2.75) is 6.92 Å². The molecule has 1 heterocycles. The molecule has 1 rings (SSSR count). The zero-order valence-electron chi connectivity index (χ0n) is 10.6. The number of rotatable bonds is 5. The summed E-state index contributed by atoms with van der Waals surface area (Å²) >= 11 is 0. The fraction of sp³-hybridized carbons (Fsp3) is 0.778. The van der Waals surface area contributed by atoms with Crippen molar-refractivity contribution in [1.29, 1.82) is 0 Å². The van der Waals surface area contributed by atoms with E-state index in [1.165, 1.54) is 0 Å². The van der Waals surface area contributed by atoms with E-state index >= 15 is 0 Å². The van der Waals surface area contributed by atoms with Crippen LogP contribution >= 0.6 is 0 Å². The number of piperazine rings is 1. The monoisotopic (exact) mass is 294 g/mol. The molecule has 3 N–H and O–H groups in total. The molecule has 0 aliphatic carbocycles. The van der Waals surface area contributed by atoms with Crippen molar-refractivity contribution < 1.29 is 22.7 Å². The molecule has 1 saturated heterocycles. The standard InChI is InChI=1S/C9H18N4O5S/c1-2-18-9(15)12-19(16,17)11-7-8(14)13-5-3-10-4-6-13/h10-11H,2-7H2,1H3,(H,12,15). The highest BCUT2D eigenvalue weighted by Gasteiger charge is 2.20. The molecule has 2 amide bonds. The average molecular weight is 294 g/mol. The van der Waals surface area contributed by atoms with Crippen LogP contribution in [-0.2, 0) is 19.7 Å². The van der Waals surface area contributed by atoms with Crippen LogP contribution in [0.3, 0.4) is 0 Å². The first-order valence-corrected chi connectivity index (χ1v) is 7.35. The molecule has 10 heteroatoms. The Kier molecular flexibility index (Phi) is 5.99. The van der Waals surface area contributed by atoms with Crippen molar-refractivity contribution >= 4 is 22.2 Å².